The lowest BCUT2D eigenvalue weighted by Crippen LogP contribution is -2.49. The molecule has 0 atom stereocenters. The summed E-state index contributed by atoms with van der Waals surface area (Å²) in [6.45, 7) is 0.628. The molecule has 1 saturated heterocycles. The van der Waals surface area contributed by atoms with E-state index in [-0.39, 0.29) is 24.4 Å². The van der Waals surface area contributed by atoms with Crippen LogP contribution in [0.15, 0.2) is 48.5 Å². The minimum Gasteiger partial charge on any atom is -0.497 e. The van der Waals surface area contributed by atoms with Gasteiger partial charge in [-0.05, 0) is 43.2 Å². The second kappa shape index (κ2) is 8.59. The molecule has 8 heteroatoms. The van der Waals surface area contributed by atoms with E-state index in [1.807, 2.05) is 0 Å². The molecule has 2 aliphatic rings. The number of imide groups is 1. The number of amides is 4. The molecule has 4 amide bonds. The highest BCUT2D eigenvalue weighted by Gasteiger charge is 2.37. The van der Waals surface area contributed by atoms with Crippen LogP contribution >= 0.6 is 0 Å². The Morgan fingerprint density at radius 1 is 1.00 bits per heavy atom. The van der Waals surface area contributed by atoms with Gasteiger partial charge in [0.15, 0.2) is 0 Å². The highest BCUT2D eigenvalue weighted by atomic mass is 16.5. The van der Waals surface area contributed by atoms with Crippen molar-refractivity contribution >= 4 is 23.6 Å². The molecule has 4 rings (SSSR count). The Labute approximate surface area is 179 Å². The van der Waals surface area contributed by atoms with E-state index in [9.17, 15) is 19.2 Å². The summed E-state index contributed by atoms with van der Waals surface area (Å²) in [5.74, 6) is -0.716. The number of benzene rings is 2. The maximum atomic E-state index is 12.7. The lowest BCUT2D eigenvalue weighted by molar-refractivity contribution is -0.132. The topological polar surface area (TPSA) is 96.0 Å². The number of hydrogen-bond acceptors (Lipinski definition) is 5. The quantitative estimate of drug-likeness (QED) is 0.742. The molecule has 0 radical (unpaired) electrons. The maximum absolute atomic E-state index is 12.7. The first kappa shape index (κ1) is 20.6. The zero-order valence-corrected chi connectivity index (χ0v) is 17.2. The van der Waals surface area contributed by atoms with Crippen LogP contribution in [0.5, 0.6) is 5.75 Å². The smallest absolute Gasteiger partial charge is 0.262 e. The monoisotopic (exact) mass is 421 g/mol. The van der Waals surface area contributed by atoms with Gasteiger partial charge in [-0.2, -0.15) is 0 Å². The fourth-order valence-electron chi connectivity index (χ4n) is 3.92. The van der Waals surface area contributed by atoms with Crippen molar-refractivity contribution in [2.24, 2.45) is 0 Å². The molecule has 8 nitrogen and oxygen atoms in total. The van der Waals surface area contributed by atoms with Gasteiger partial charge in [0.1, 0.15) is 12.3 Å². The van der Waals surface area contributed by atoms with Gasteiger partial charge in [0.2, 0.25) is 5.91 Å². The van der Waals surface area contributed by atoms with E-state index < -0.39 is 11.8 Å². The molecule has 1 N–H and O–H groups in total. The summed E-state index contributed by atoms with van der Waals surface area (Å²) in [4.78, 5) is 52.7. The minimum absolute atomic E-state index is 0.0537. The van der Waals surface area contributed by atoms with Crippen molar-refractivity contribution < 1.29 is 23.9 Å². The largest absolute Gasteiger partial charge is 0.497 e. The number of nitrogens with zero attached hydrogens (tertiary/aromatic N) is 2. The number of methoxy groups -OCH3 is 1. The predicted octanol–water partition coefficient (Wildman–Crippen LogP) is 1.71. The van der Waals surface area contributed by atoms with Gasteiger partial charge in [0.05, 0.1) is 18.2 Å². The van der Waals surface area contributed by atoms with Crippen molar-refractivity contribution in [1.29, 1.82) is 0 Å². The van der Waals surface area contributed by atoms with Crippen LogP contribution in [0.3, 0.4) is 0 Å². The molecular formula is C23H23N3O5. The van der Waals surface area contributed by atoms with Crippen molar-refractivity contribution in [1.82, 2.24) is 15.1 Å². The number of carbonyl (C=O) groups excluding carboxylic acids is 4. The van der Waals surface area contributed by atoms with Crippen LogP contribution in [-0.4, -0.2) is 66.2 Å². The number of rotatable bonds is 5. The molecule has 0 bridgehead atoms. The van der Waals surface area contributed by atoms with E-state index >= 15 is 0 Å². The Kier molecular flexibility index (Phi) is 5.70. The summed E-state index contributed by atoms with van der Waals surface area (Å²) in [5.41, 5.74) is 1.18. The third-order valence-corrected chi connectivity index (χ3v) is 5.69. The minimum atomic E-state index is -0.436. The summed E-state index contributed by atoms with van der Waals surface area (Å²) in [5, 5.41) is 2.99. The highest BCUT2D eigenvalue weighted by Crippen LogP contribution is 2.23. The van der Waals surface area contributed by atoms with Gasteiger partial charge < -0.3 is 15.0 Å². The molecule has 160 valence electrons. The van der Waals surface area contributed by atoms with Crippen molar-refractivity contribution in [3.05, 3.63) is 65.2 Å². The normalized spacial score (nSPS) is 16.3. The first-order chi connectivity index (χ1) is 15.0. The molecular weight excluding hydrogens is 398 g/mol. The summed E-state index contributed by atoms with van der Waals surface area (Å²) >= 11 is 0. The zero-order valence-electron chi connectivity index (χ0n) is 17.2. The Bertz CT molecular complexity index is 1010. The molecule has 2 aromatic rings. The lowest BCUT2D eigenvalue weighted by Gasteiger charge is -2.33. The predicted molar refractivity (Wildman–Crippen MR) is 112 cm³/mol. The Balaban J connectivity index is 1.30. The summed E-state index contributed by atoms with van der Waals surface area (Å²) in [6, 6.07) is 13.5. The summed E-state index contributed by atoms with van der Waals surface area (Å²) in [6.07, 6.45) is 1.20. The number of fused-ring (bicyclic) bond motifs is 1. The molecule has 31 heavy (non-hydrogen) atoms. The van der Waals surface area contributed by atoms with Gasteiger partial charge in [0, 0.05) is 24.7 Å². The Morgan fingerprint density at radius 3 is 2.26 bits per heavy atom. The van der Waals surface area contributed by atoms with Gasteiger partial charge in [0.25, 0.3) is 17.7 Å². The van der Waals surface area contributed by atoms with E-state index in [1.54, 1.807) is 60.5 Å². The number of piperidine rings is 1. The number of nitrogens with one attached hydrogen (secondary N) is 1. The van der Waals surface area contributed by atoms with Gasteiger partial charge in [-0.25, -0.2) is 0 Å². The van der Waals surface area contributed by atoms with E-state index in [0.29, 0.717) is 48.4 Å². The zero-order chi connectivity index (χ0) is 22.0. The third kappa shape index (κ3) is 4.14. The fourth-order valence-corrected chi connectivity index (χ4v) is 3.92. The van der Waals surface area contributed by atoms with Gasteiger partial charge in [-0.15, -0.1) is 0 Å². The van der Waals surface area contributed by atoms with Crippen LogP contribution < -0.4 is 10.1 Å². The van der Waals surface area contributed by atoms with Gasteiger partial charge in [-0.1, -0.05) is 18.2 Å². The first-order valence-corrected chi connectivity index (χ1v) is 10.2. The van der Waals surface area contributed by atoms with Gasteiger partial charge >= 0.3 is 0 Å². The molecule has 2 aliphatic heterocycles. The molecule has 0 spiro atoms. The van der Waals surface area contributed by atoms with Crippen LogP contribution in [-0.2, 0) is 4.79 Å². The van der Waals surface area contributed by atoms with Crippen LogP contribution in [0.2, 0.25) is 0 Å². The van der Waals surface area contributed by atoms with Gasteiger partial charge in [-0.3, -0.25) is 24.1 Å². The summed E-state index contributed by atoms with van der Waals surface area (Å²) in [7, 11) is 1.55. The number of hydrogen-bond donors (Lipinski definition) is 1. The molecule has 1 fully saturated rings. The van der Waals surface area contributed by atoms with Crippen LogP contribution in [0.1, 0.15) is 43.9 Å². The van der Waals surface area contributed by atoms with Crippen LogP contribution in [0, 0.1) is 0 Å². The first-order valence-electron chi connectivity index (χ1n) is 10.2. The Hall–Kier alpha value is -3.68. The molecule has 2 aromatic carbocycles. The van der Waals surface area contributed by atoms with E-state index in [1.165, 1.54) is 0 Å². The average Bonchev–Trinajstić information content (AvgIpc) is 3.04. The van der Waals surface area contributed by atoms with Crippen molar-refractivity contribution in [3.8, 4) is 5.75 Å². The van der Waals surface area contributed by atoms with E-state index in [4.69, 9.17) is 4.74 Å². The second-order valence-electron chi connectivity index (χ2n) is 7.60. The van der Waals surface area contributed by atoms with Crippen molar-refractivity contribution in [3.63, 3.8) is 0 Å². The fraction of sp³-hybridized carbons (Fsp3) is 0.304. The highest BCUT2D eigenvalue weighted by molar-refractivity contribution is 6.22. The average molecular weight is 421 g/mol. The molecule has 0 aromatic heterocycles. The molecule has 0 unspecified atom stereocenters. The molecule has 2 heterocycles. The van der Waals surface area contributed by atoms with E-state index in [0.717, 1.165) is 4.90 Å². The second-order valence-corrected chi connectivity index (χ2v) is 7.60. The van der Waals surface area contributed by atoms with Crippen LogP contribution in [0.4, 0.5) is 0 Å². The lowest BCUT2D eigenvalue weighted by atomic mass is 10.0. The standard InChI is InChI=1S/C23H23N3O5/c1-31-17-6-4-5-15(13-17)21(28)24-16-9-11-25(12-10-16)20(27)14-26-22(29)18-7-2-3-8-19(18)23(26)30/h2-8,13,16H,9-12,14H2,1H3,(H,24,28). The van der Waals surface area contributed by atoms with Crippen molar-refractivity contribution in [2.75, 3.05) is 26.7 Å². The Morgan fingerprint density at radius 2 is 1.65 bits per heavy atom. The number of likely N-dealkylation sites (tertiary alicyclic amines) is 1. The maximum Gasteiger partial charge on any atom is 0.262 e. The molecule has 0 aliphatic carbocycles. The molecule has 0 saturated carbocycles. The van der Waals surface area contributed by atoms with Crippen molar-refractivity contribution in [2.45, 2.75) is 18.9 Å². The number of ether oxygens (including phenoxy) is 1. The van der Waals surface area contributed by atoms with E-state index in [2.05, 4.69) is 5.32 Å². The number of carbonyl (C=O) groups is 4. The SMILES string of the molecule is COc1cccc(C(=O)NC2CCN(C(=O)CN3C(=O)c4ccccc4C3=O)CC2)c1. The summed E-state index contributed by atoms with van der Waals surface area (Å²) < 4.78 is 5.15. The van der Waals surface area contributed by atoms with Crippen LogP contribution in [0.25, 0.3) is 0 Å². The third-order valence-electron chi connectivity index (χ3n) is 5.69.